The van der Waals surface area contributed by atoms with E-state index in [-0.39, 0.29) is 17.6 Å². The lowest BCUT2D eigenvalue weighted by atomic mass is 9.81. The number of carbonyl (C=O) groups is 1. The summed E-state index contributed by atoms with van der Waals surface area (Å²) >= 11 is 7.34. The van der Waals surface area contributed by atoms with Crippen LogP contribution in [0.15, 0.2) is 53.8 Å². The first-order chi connectivity index (χ1) is 14.0. The van der Waals surface area contributed by atoms with Crippen molar-refractivity contribution in [1.29, 1.82) is 0 Å². The summed E-state index contributed by atoms with van der Waals surface area (Å²) in [5, 5.41) is 27.8. The first-order valence-electron chi connectivity index (χ1n) is 9.31. The Labute approximate surface area is 177 Å². The van der Waals surface area contributed by atoms with Gasteiger partial charge in [-0.2, -0.15) is 0 Å². The number of amides is 1. The van der Waals surface area contributed by atoms with Gasteiger partial charge in [-0.25, -0.2) is 0 Å². The molecule has 1 aromatic carbocycles. The van der Waals surface area contributed by atoms with Crippen molar-refractivity contribution in [1.82, 2.24) is 10.3 Å². The predicted octanol–water partition coefficient (Wildman–Crippen LogP) is 2.04. The Bertz CT molecular complexity index is 896. The SMILES string of the molecule is O=C(NCc1cccnc1)C1CC(O)C(O)C2N=C(Nc3ccc(Cl)cc3)SC12. The maximum atomic E-state index is 12.8. The number of benzene rings is 1. The number of hydrogen-bond donors (Lipinski definition) is 4. The summed E-state index contributed by atoms with van der Waals surface area (Å²) in [6, 6.07) is 10.3. The number of fused-ring (bicyclic) bond motifs is 1. The number of anilines is 1. The number of aliphatic imine (C=N–C) groups is 1. The van der Waals surface area contributed by atoms with Crippen molar-refractivity contribution < 1.29 is 15.0 Å². The highest BCUT2D eigenvalue weighted by molar-refractivity contribution is 8.15. The summed E-state index contributed by atoms with van der Waals surface area (Å²) in [6.45, 7) is 0.362. The third-order valence-corrected chi connectivity index (χ3v) is 6.67. The number of aliphatic hydroxyl groups excluding tert-OH is 2. The molecule has 0 radical (unpaired) electrons. The van der Waals surface area contributed by atoms with Crippen LogP contribution in [-0.2, 0) is 11.3 Å². The molecule has 29 heavy (non-hydrogen) atoms. The second-order valence-corrected chi connectivity index (χ2v) is 8.72. The fourth-order valence-electron chi connectivity index (χ4n) is 3.59. The molecule has 2 aromatic rings. The largest absolute Gasteiger partial charge is 0.390 e. The number of aliphatic hydroxyl groups is 2. The summed E-state index contributed by atoms with van der Waals surface area (Å²) in [5.74, 6) is -0.626. The molecule has 1 saturated carbocycles. The van der Waals surface area contributed by atoms with Gasteiger partial charge in [-0.1, -0.05) is 29.4 Å². The van der Waals surface area contributed by atoms with Gasteiger partial charge in [0.15, 0.2) is 5.17 Å². The molecule has 152 valence electrons. The molecule has 1 aromatic heterocycles. The lowest BCUT2D eigenvalue weighted by molar-refractivity contribution is -0.129. The number of carbonyl (C=O) groups excluding carboxylic acids is 1. The summed E-state index contributed by atoms with van der Waals surface area (Å²) in [7, 11) is 0. The van der Waals surface area contributed by atoms with Crippen LogP contribution in [0.3, 0.4) is 0 Å². The molecule has 1 fully saturated rings. The van der Waals surface area contributed by atoms with E-state index in [1.165, 1.54) is 11.8 Å². The second-order valence-electron chi connectivity index (χ2n) is 7.12. The van der Waals surface area contributed by atoms with E-state index in [0.717, 1.165) is 11.3 Å². The number of aromatic nitrogens is 1. The number of hydrogen-bond acceptors (Lipinski definition) is 7. The summed E-state index contributed by atoms with van der Waals surface area (Å²) in [5.41, 5.74) is 1.71. The van der Waals surface area contributed by atoms with Crippen molar-refractivity contribution in [3.63, 3.8) is 0 Å². The van der Waals surface area contributed by atoms with Crippen LogP contribution in [0.5, 0.6) is 0 Å². The number of rotatable bonds is 4. The van der Waals surface area contributed by atoms with Crippen molar-refractivity contribution in [3.8, 4) is 0 Å². The molecule has 1 amide bonds. The minimum Gasteiger partial charge on any atom is -0.390 e. The van der Waals surface area contributed by atoms with Crippen LogP contribution in [0.4, 0.5) is 5.69 Å². The number of nitrogens with one attached hydrogen (secondary N) is 2. The second kappa shape index (κ2) is 8.71. The summed E-state index contributed by atoms with van der Waals surface area (Å²) in [4.78, 5) is 21.4. The molecular formula is C20H21ClN4O3S. The number of nitrogens with zero attached hydrogens (tertiary/aromatic N) is 2. The topological polar surface area (TPSA) is 107 Å². The zero-order valence-corrected chi connectivity index (χ0v) is 17.0. The standard InChI is InChI=1S/C20H21ClN4O3S/c21-12-3-5-13(6-4-12)24-20-25-16-17(27)15(26)8-14(18(16)29-20)19(28)23-10-11-2-1-7-22-9-11/h1-7,9,14-18,26-27H,8,10H2,(H,23,28)(H,24,25). The van der Waals surface area contributed by atoms with Gasteiger partial charge in [0.1, 0.15) is 6.10 Å². The average molecular weight is 433 g/mol. The Morgan fingerprint density at radius 2 is 2.03 bits per heavy atom. The van der Waals surface area contributed by atoms with Crippen LogP contribution in [0, 0.1) is 5.92 Å². The molecule has 0 spiro atoms. The van der Waals surface area contributed by atoms with Crippen molar-refractivity contribution in [2.75, 3.05) is 5.32 Å². The number of amidine groups is 1. The molecular weight excluding hydrogens is 412 g/mol. The van der Waals surface area contributed by atoms with Crippen LogP contribution in [0.25, 0.3) is 0 Å². The van der Waals surface area contributed by atoms with Crippen LogP contribution < -0.4 is 10.6 Å². The molecule has 1 aliphatic carbocycles. The Hall–Kier alpha value is -2.13. The van der Waals surface area contributed by atoms with Crippen LogP contribution in [-0.4, -0.2) is 49.8 Å². The zero-order chi connectivity index (χ0) is 20.4. The van der Waals surface area contributed by atoms with Crippen LogP contribution in [0.1, 0.15) is 12.0 Å². The highest BCUT2D eigenvalue weighted by Gasteiger charge is 2.50. The fourth-order valence-corrected chi connectivity index (χ4v) is 5.09. The molecule has 2 heterocycles. The maximum absolute atomic E-state index is 12.8. The van der Waals surface area contributed by atoms with E-state index in [2.05, 4.69) is 20.6 Å². The Morgan fingerprint density at radius 3 is 2.76 bits per heavy atom. The molecule has 4 rings (SSSR count). The van der Waals surface area contributed by atoms with Crippen molar-refractivity contribution in [3.05, 3.63) is 59.4 Å². The van der Waals surface area contributed by atoms with Gasteiger partial charge in [-0.3, -0.25) is 14.8 Å². The van der Waals surface area contributed by atoms with E-state index >= 15 is 0 Å². The van der Waals surface area contributed by atoms with E-state index in [1.54, 1.807) is 24.5 Å². The summed E-state index contributed by atoms with van der Waals surface area (Å²) < 4.78 is 0. The smallest absolute Gasteiger partial charge is 0.224 e. The predicted molar refractivity (Wildman–Crippen MR) is 114 cm³/mol. The van der Waals surface area contributed by atoms with Crippen molar-refractivity contribution >= 4 is 40.1 Å². The quantitative estimate of drug-likeness (QED) is 0.589. The third kappa shape index (κ3) is 4.56. The number of halogens is 1. The normalized spacial score (nSPS) is 28.4. The molecule has 9 heteroatoms. The lowest BCUT2D eigenvalue weighted by Gasteiger charge is -2.37. The van der Waals surface area contributed by atoms with Crippen LogP contribution >= 0.6 is 23.4 Å². The van der Waals surface area contributed by atoms with Crippen molar-refractivity contribution in [2.45, 2.75) is 36.5 Å². The number of thioether (sulfide) groups is 1. The average Bonchev–Trinajstić information content (AvgIpc) is 3.15. The van der Waals surface area contributed by atoms with E-state index in [1.807, 2.05) is 24.3 Å². The monoisotopic (exact) mass is 432 g/mol. The Morgan fingerprint density at radius 1 is 1.24 bits per heavy atom. The molecule has 4 N–H and O–H groups in total. The molecule has 0 bridgehead atoms. The van der Waals surface area contributed by atoms with E-state index in [9.17, 15) is 15.0 Å². The van der Waals surface area contributed by atoms with Gasteiger partial charge < -0.3 is 20.8 Å². The lowest BCUT2D eigenvalue weighted by Crippen LogP contribution is -2.53. The minimum absolute atomic E-state index is 0.162. The van der Waals surface area contributed by atoms with Crippen LogP contribution in [0.2, 0.25) is 5.02 Å². The zero-order valence-electron chi connectivity index (χ0n) is 15.4. The maximum Gasteiger partial charge on any atom is 0.224 e. The van der Waals surface area contributed by atoms with Gasteiger partial charge in [0.05, 0.1) is 18.1 Å². The van der Waals surface area contributed by atoms with E-state index in [0.29, 0.717) is 16.7 Å². The first-order valence-corrected chi connectivity index (χ1v) is 10.6. The molecule has 0 saturated heterocycles. The highest BCUT2D eigenvalue weighted by Crippen LogP contribution is 2.41. The van der Waals surface area contributed by atoms with E-state index in [4.69, 9.17) is 11.6 Å². The van der Waals surface area contributed by atoms with E-state index < -0.39 is 24.2 Å². The first kappa shape index (κ1) is 20.2. The van der Waals surface area contributed by atoms with Gasteiger partial charge in [0.2, 0.25) is 5.91 Å². The summed E-state index contributed by atoms with van der Waals surface area (Å²) in [6.07, 6.45) is 1.57. The van der Waals surface area contributed by atoms with Gasteiger partial charge >= 0.3 is 0 Å². The molecule has 7 nitrogen and oxygen atoms in total. The highest BCUT2D eigenvalue weighted by atomic mass is 35.5. The Kier molecular flexibility index (Phi) is 6.05. The van der Waals surface area contributed by atoms with Gasteiger partial charge in [0.25, 0.3) is 0 Å². The third-order valence-electron chi connectivity index (χ3n) is 5.11. The van der Waals surface area contributed by atoms with Gasteiger partial charge in [-0.15, -0.1) is 0 Å². The number of pyridine rings is 1. The van der Waals surface area contributed by atoms with Crippen molar-refractivity contribution in [2.24, 2.45) is 10.9 Å². The minimum atomic E-state index is -1.00. The molecule has 5 unspecified atom stereocenters. The molecule has 5 atom stereocenters. The fraction of sp³-hybridized carbons (Fsp3) is 0.350. The molecule has 2 aliphatic rings. The van der Waals surface area contributed by atoms with Gasteiger partial charge in [0, 0.05) is 34.9 Å². The Balaban J connectivity index is 1.45. The molecule has 1 aliphatic heterocycles. The van der Waals surface area contributed by atoms with Gasteiger partial charge in [-0.05, 0) is 42.3 Å².